The van der Waals surface area contributed by atoms with Crippen molar-refractivity contribution in [1.82, 2.24) is 4.90 Å². The van der Waals surface area contributed by atoms with Gasteiger partial charge in [-0.25, -0.2) is 4.79 Å². The number of carbonyl (C=O) groups is 2. The molecule has 0 amide bonds. The van der Waals surface area contributed by atoms with E-state index in [4.69, 9.17) is 18.3 Å². The van der Waals surface area contributed by atoms with Crippen LogP contribution in [0, 0.1) is 0 Å². The molecule has 9 heteroatoms. The van der Waals surface area contributed by atoms with Crippen molar-refractivity contribution in [3.8, 4) is 11.5 Å². The van der Waals surface area contributed by atoms with Gasteiger partial charge in [0.25, 0.3) is 0 Å². The second-order valence-electron chi connectivity index (χ2n) is 5.88. The number of hydrogen-bond acceptors (Lipinski definition) is 7. The van der Waals surface area contributed by atoms with Crippen LogP contribution in [-0.4, -0.2) is 73.8 Å². The van der Waals surface area contributed by atoms with Crippen molar-refractivity contribution in [2.24, 2.45) is 5.73 Å². The van der Waals surface area contributed by atoms with Gasteiger partial charge in [-0.15, -0.1) is 0 Å². The number of carboxylic acid groups (broad SMARTS) is 1. The Morgan fingerprint density at radius 1 is 1.44 bits per heavy atom. The standard InChI is InChI=1S/C16H21BN2O6/c1-24-16(23)11(18)8-19-6-10(7-19)25-12-3-2-9(4-5-17)14(20)13(12)15(21)22/h2-3,10-11,20H,4-8,18H2,1H3,(H,21,22). The first kappa shape index (κ1) is 19.1. The number of aromatic hydroxyl groups is 1. The Hall–Kier alpha value is -2.26. The fourth-order valence-corrected chi connectivity index (χ4v) is 2.71. The van der Waals surface area contributed by atoms with Crippen LogP contribution in [0.2, 0.25) is 6.32 Å². The molecule has 1 saturated heterocycles. The van der Waals surface area contributed by atoms with Crippen molar-refractivity contribution in [2.75, 3.05) is 26.7 Å². The molecule has 0 aliphatic carbocycles. The van der Waals surface area contributed by atoms with Gasteiger partial charge >= 0.3 is 11.9 Å². The summed E-state index contributed by atoms with van der Waals surface area (Å²) in [5.41, 5.74) is 5.88. The van der Waals surface area contributed by atoms with E-state index in [1.165, 1.54) is 13.2 Å². The monoisotopic (exact) mass is 348 g/mol. The van der Waals surface area contributed by atoms with Crippen molar-refractivity contribution in [1.29, 1.82) is 0 Å². The predicted molar refractivity (Wildman–Crippen MR) is 90.2 cm³/mol. The smallest absolute Gasteiger partial charge is 0.343 e. The minimum atomic E-state index is -1.27. The van der Waals surface area contributed by atoms with E-state index >= 15 is 0 Å². The number of esters is 1. The molecular weight excluding hydrogens is 327 g/mol. The summed E-state index contributed by atoms with van der Waals surface area (Å²) in [4.78, 5) is 24.6. The molecule has 1 aromatic rings. The number of nitrogens with two attached hydrogens (primary N) is 1. The Morgan fingerprint density at radius 3 is 2.68 bits per heavy atom. The van der Waals surface area contributed by atoms with Crippen LogP contribution in [0.1, 0.15) is 15.9 Å². The number of carboxylic acids is 1. The second-order valence-corrected chi connectivity index (χ2v) is 5.88. The van der Waals surface area contributed by atoms with Crippen molar-refractivity contribution in [3.63, 3.8) is 0 Å². The van der Waals surface area contributed by atoms with Gasteiger partial charge in [-0.3, -0.25) is 9.69 Å². The van der Waals surface area contributed by atoms with Gasteiger partial charge in [-0.05, 0) is 18.1 Å². The summed E-state index contributed by atoms with van der Waals surface area (Å²) in [7, 11) is 6.73. The Bertz CT molecular complexity index is 648. The van der Waals surface area contributed by atoms with Crippen molar-refractivity contribution < 1.29 is 29.3 Å². The first-order valence-electron chi connectivity index (χ1n) is 7.88. The van der Waals surface area contributed by atoms with E-state index in [0.29, 0.717) is 37.9 Å². The lowest BCUT2D eigenvalue weighted by molar-refractivity contribution is -0.143. The maximum Gasteiger partial charge on any atom is 0.343 e. The molecule has 1 aliphatic heterocycles. The molecule has 0 saturated carbocycles. The lowest BCUT2D eigenvalue weighted by atomic mass is 9.95. The Balaban J connectivity index is 1.99. The van der Waals surface area contributed by atoms with Gasteiger partial charge in [0, 0.05) is 19.6 Å². The molecule has 2 radical (unpaired) electrons. The van der Waals surface area contributed by atoms with Gasteiger partial charge in [0.15, 0.2) is 0 Å². The molecule has 25 heavy (non-hydrogen) atoms. The summed E-state index contributed by atoms with van der Waals surface area (Å²) < 4.78 is 10.3. The summed E-state index contributed by atoms with van der Waals surface area (Å²) in [6, 6.07) is 2.39. The van der Waals surface area contributed by atoms with E-state index in [9.17, 15) is 19.8 Å². The van der Waals surface area contributed by atoms with E-state index in [2.05, 4.69) is 4.74 Å². The largest absolute Gasteiger partial charge is 0.507 e. The van der Waals surface area contributed by atoms with E-state index in [1.807, 2.05) is 4.90 Å². The summed E-state index contributed by atoms with van der Waals surface area (Å²) in [6.45, 7) is 1.32. The molecule has 1 aromatic carbocycles. The predicted octanol–water partition coefficient (Wildman–Crippen LogP) is -0.217. The highest BCUT2D eigenvalue weighted by molar-refractivity contribution is 6.08. The van der Waals surface area contributed by atoms with Crippen LogP contribution in [0.25, 0.3) is 0 Å². The van der Waals surface area contributed by atoms with Gasteiger partial charge in [0.1, 0.15) is 29.2 Å². The molecular formula is C16H21BN2O6. The number of aryl methyl sites for hydroxylation is 1. The van der Waals surface area contributed by atoms with Crippen LogP contribution in [0.5, 0.6) is 11.5 Å². The number of nitrogens with zero attached hydrogens (tertiary/aromatic N) is 1. The molecule has 1 heterocycles. The Labute approximate surface area is 146 Å². The van der Waals surface area contributed by atoms with E-state index in [1.54, 1.807) is 6.07 Å². The molecule has 4 N–H and O–H groups in total. The average molecular weight is 348 g/mol. The minimum Gasteiger partial charge on any atom is -0.507 e. The van der Waals surface area contributed by atoms with E-state index in [-0.39, 0.29) is 23.2 Å². The molecule has 0 spiro atoms. The molecule has 0 aromatic heterocycles. The molecule has 1 atom stereocenters. The highest BCUT2D eigenvalue weighted by Gasteiger charge is 2.32. The highest BCUT2D eigenvalue weighted by Crippen LogP contribution is 2.33. The number of methoxy groups -OCH3 is 1. The Morgan fingerprint density at radius 2 is 2.12 bits per heavy atom. The summed E-state index contributed by atoms with van der Waals surface area (Å²) in [5.74, 6) is -1.97. The van der Waals surface area contributed by atoms with Crippen molar-refractivity contribution >= 4 is 19.8 Å². The maximum absolute atomic E-state index is 11.5. The fourth-order valence-electron chi connectivity index (χ4n) is 2.71. The second kappa shape index (κ2) is 8.22. The lowest BCUT2D eigenvalue weighted by Gasteiger charge is -2.40. The Kier molecular flexibility index (Phi) is 6.27. The van der Waals surface area contributed by atoms with Gasteiger partial charge in [0.2, 0.25) is 0 Å². The minimum absolute atomic E-state index is 0.104. The number of aromatic carboxylic acids is 1. The SMILES string of the molecule is [B]CCc1ccc(OC2CN(CC(N)C(=O)OC)C2)c(C(=O)O)c1O. The van der Waals surface area contributed by atoms with Crippen molar-refractivity contribution in [2.45, 2.75) is 24.9 Å². The quantitative estimate of drug-likeness (QED) is 0.435. The average Bonchev–Trinajstić information content (AvgIpc) is 2.54. The molecule has 1 aliphatic rings. The zero-order chi connectivity index (χ0) is 18.6. The summed E-state index contributed by atoms with van der Waals surface area (Å²) in [6.07, 6.45) is 0.419. The van der Waals surface area contributed by atoms with Crippen molar-refractivity contribution in [3.05, 3.63) is 23.3 Å². The summed E-state index contributed by atoms with van der Waals surface area (Å²) >= 11 is 0. The molecule has 1 fully saturated rings. The van der Waals surface area contributed by atoms with Crippen LogP contribution in [-0.2, 0) is 16.0 Å². The number of rotatable bonds is 8. The summed E-state index contributed by atoms with van der Waals surface area (Å²) in [5, 5.41) is 19.5. The normalized spacial score (nSPS) is 16.1. The first-order chi connectivity index (χ1) is 11.9. The fraction of sp³-hybridized carbons (Fsp3) is 0.500. The third-order valence-corrected chi connectivity index (χ3v) is 4.03. The lowest BCUT2D eigenvalue weighted by Crippen LogP contribution is -2.58. The van der Waals surface area contributed by atoms with Gasteiger partial charge in [0.05, 0.1) is 15.0 Å². The van der Waals surface area contributed by atoms with Crippen LogP contribution in [0.3, 0.4) is 0 Å². The highest BCUT2D eigenvalue weighted by atomic mass is 16.5. The molecule has 0 bridgehead atoms. The van der Waals surface area contributed by atoms with Gasteiger partial charge in [-0.1, -0.05) is 12.4 Å². The van der Waals surface area contributed by atoms with E-state index < -0.39 is 18.0 Å². The first-order valence-corrected chi connectivity index (χ1v) is 7.88. The maximum atomic E-state index is 11.5. The molecule has 134 valence electrons. The molecule has 1 unspecified atom stereocenters. The molecule has 8 nitrogen and oxygen atoms in total. The third kappa shape index (κ3) is 4.43. The third-order valence-electron chi connectivity index (χ3n) is 4.03. The zero-order valence-electron chi connectivity index (χ0n) is 14.0. The number of ether oxygens (including phenoxy) is 2. The van der Waals surface area contributed by atoms with Crippen LogP contribution < -0.4 is 10.5 Å². The van der Waals surface area contributed by atoms with Gasteiger partial charge in [-0.2, -0.15) is 0 Å². The van der Waals surface area contributed by atoms with E-state index in [0.717, 1.165) is 0 Å². The number of carbonyl (C=O) groups excluding carboxylic acids is 1. The molecule has 2 rings (SSSR count). The number of likely N-dealkylation sites (tertiary alicyclic amines) is 1. The van der Waals surface area contributed by atoms with Crippen LogP contribution in [0.4, 0.5) is 0 Å². The number of benzene rings is 1. The number of hydrogen-bond donors (Lipinski definition) is 3. The van der Waals surface area contributed by atoms with Gasteiger partial charge < -0.3 is 25.4 Å². The van der Waals surface area contributed by atoms with Crippen LogP contribution >= 0.6 is 0 Å². The number of phenols is 1. The topological polar surface area (TPSA) is 122 Å². The zero-order valence-corrected chi connectivity index (χ0v) is 14.0. The van der Waals surface area contributed by atoms with Crippen LogP contribution in [0.15, 0.2) is 12.1 Å².